The van der Waals surface area contributed by atoms with Crippen molar-refractivity contribution in [1.82, 2.24) is 0 Å². The van der Waals surface area contributed by atoms with Gasteiger partial charge in [0.15, 0.2) is 5.76 Å². The normalized spacial score (nSPS) is 11.3. The molecule has 3 N–H and O–H groups in total. The molecule has 0 fully saturated rings. The minimum Gasteiger partial charge on any atom is -0.459 e. The second-order valence-corrected chi connectivity index (χ2v) is 6.11. The lowest BCUT2D eigenvalue weighted by Crippen LogP contribution is -2.14. The van der Waals surface area contributed by atoms with Gasteiger partial charge in [0.05, 0.1) is 26.9 Å². The number of carbonyl (C=O) groups is 1. The van der Waals surface area contributed by atoms with Crippen LogP contribution in [0.15, 0.2) is 39.8 Å². The monoisotopic (exact) mass is 334 g/mol. The first-order valence-corrected chi connectivity index (χ1v) is 7.46. The maximum Gasteiger partial charge on any atom is 0.291 e. The molecular formula is C11H8Cl2N2O4S. The largest absolute Gasteiger partial charge is 0.459 e. The molecule has 106 valence electrons. The number of amides is 1. The molecule has 9 heteroatoms. The van der Waals surface area contributed by atoms with Gasteiger partial charge in [0.1, 0.15) is 0 Å². The summed E-state index contributed by atoms with van der Waals surface area (Å²) in [6.45, 7) is 0. The van der Waals surface area contributed by atoms with E-state index in [2.05, 4.69) is 5.32 Å². The first-order chi connectivity index (χ1) is 9.29. The Balaban J connectivity index is 2.37. The molecule has 20 heavy (non-hydrogen) atoms. The van der Waals surface area contributed by atoms with Crippen molar-refractivity contribution in [3.8, 4) is 0 Å². The lowest BCUT2D eigenvalue weighted by Gasteiger charge is -2.09. The van der Waals surface area contributed by atoms with Gasteiger partial charge in [-0.1, -0.05) is 23.2 Å². The van der Waals surface area contributed by atoms with E-state index in [0.717, 1.165) is 12.1 Å². The van der Waals surface area contributed by atoms with Gasteiger partial charge in [0.2, 0.25) is 10.0 Å². The lowest BCUT2D eigenvalue weighted by molar-refractivity contribution is 0.0996. The molecular weight excluding hydrogens is 327 g/mol. The minimum atomic E-state index is -3.94. The summed E-state index contributed by atoms with van der Waals surface area (Å²) in [5, 5.41) is 7.29. The van der Waals surface area contributed by atoms with Crippen LogP contribution >= 0.6 is 23.2 Å². The first kappa shape index (κ1) is 14.9. The van der Waals surface area contributed by atoms with Crippen molar-refractivity contribution in [3.05, 3.63) is 46.3 Å². The minimum absolute atomic E-state index is 0.0542. The van der Waals surface area contributed by atoms with Crippen LogP contribution in [0.25, 0.3) is 0 Å². The number of nitrogens with two attached hydrogens (primary N) is 1. The van der Waals surface area contributed by atoms with E-state index in [4.69, 9.17) is 32.8 Å². The molecule has 1 amide bonds. The van der Waals surface area contributed by atoms with Crippen LogP contribution in [0.3, 0.4) is 0 Å². The van der Waals surface area contributed by atoms with Gasteiger partial charge in [-0.3, -0.25) is 4.79 Å². The summed E-state index contributed by atoms with van der Waals surface area (Å²) in [6, 6.07) is 5.19. The van der Waals surface area contributed by atoms with Crippen LogP contribution in [0.5, 0.6) is 0 Å². The number of hydrogen-bond donors (Lipinski definition) is 2. The highest BCUT2D eigenvalue weighted by molar-refractivity contribution is 7.89. The number of rotatable bonds is 3. The summed E-state index contributed by atoms with van der Waals surface area (Å²) in [7, 11) is -3.94. The first-order valence-electron chi connectivity index (χ1n) is 5.16. The molecule has 0 aliphatic carbocycles. The van der Waals surface area contributed by atoms with Gasteiger partial charge in [-0.2, -0.15) is 0 Å². The van der Waals surface area contributed by atoms with Crippen molar-refractivity contribution >= 4 is 44.8 Å². The van der Waals surface area contributed by atoms with Crippen LogP contribution in [0.4, 0.5) is 5.69 Å². The molecule has 0 radical (unpaired) electrons. The molecule has 0 aliphatic rings. The number of carbonyl (C=O) groups excluding carboxylic acids is 1. The zero-order valence-corrected chi connectivity index (χ0v) is 12.1. The molecule has 0 saturated heterocycles. The molecule has 0 saturated carbocycles. The molecule has 0 bridgehead atoms. The lowest BCUT2D eigenvalue weighted by atomic mass is 10.3. The summed E-state index contributed by atoms with van der Waals surface area (Å²) < 4.78 is 27.3. The second-order valence-electron chi connectivity index (χ2n) is 3.74. The predicted molar refractivity (Wildman–Crippen MR) is 74.5 cm³/mol. The summed E-state index contributed by atoms with van der Waals surface area (Å²) in [5.41, 5.74) is 0.0714. The van der Waals surface area contributed by atoms with Gasteiger partial charge in [-0.15, -0.1) is 0 Å². The highest BCUT2D eigenvalue weighted by atomic mass is 35.5. The molecule has 2 rings (SSSR count). The average molecular weight is 335 g/mol. The van der Waals surface area contributed by atoms with Crippen LogP contribution in [-0.2, 0) is 10.0 Å². The smallest absolute Gasteiger partial charge is 0.291 e. The zero-order valence-electron chi connectivity index (χ0n) is 9.76. The van der Waals surface area contributed by atoms with Crippen molar-refractivity contribution in [2.75, 3.05) is 5.32 Å². The summed E-state index contributed by atoms with van der Waals surface area (Å²) in [5.74, 6) is -0.505. The van der Waals surface area contributed by atoms with E-state index < -0.39 is 15.9 Å². The Morgan fingerprint density at radius 3 is 2.30 bits per heavy atom. The third-order valence-electron chi connectivity index (χ3n) is 2.33. The average Bonchev–Trinajstić information content (AvgIpc) is 2.85. The number of halogens is 2. The number of sulfonamides is 1. The Labute approximate surface area is 124 Å². The maximum absolute atomic E-state index is 11.8. The number of hydrogen-bond acceptors (Lipinski definition) is 4. The summed E-state index contributed by atoms with van der Waals surface area (Å²) >= 11 is 11.8. The van der Waals surface area contributed by atoms with Crippen molar-refractivity contribution in [2.45, 2.75) is 4.90 Å². The highest BCUT2D eigenvalue weighted by Gasteiger charge is 2.17. The molecule has 1 aromatic heterocycles. The van der Waals surface area contributed by atoms with Gasteiger partial charge >= 0.3 is 0 Å². The molecule has 0 aliphatic heterocycles. The number of primary sulfonamides is 1. The van der Waals surface area contributed by atoms with Crippen molar-refractivity contribution < 1.29 is 17.6 Å². The standard InChI is InChI=1S/C11H8Cl2N2O4S/c12-7-4-6(20(14,17)18)5-8(13)10(7)15-11(16)9-2-1-3-19-9/h1-5H,(H,15,16)(H2,14,17,18). The summed E-state index contributed by atoms with van der Waals surface area (Å²) in [6.07, 6.45) is 1.34. The van der Waals surface area contributed by atoms with Crippen molar-refractivity contribution in [2.24, 2.45) is 5.14 Å². The number of anilines is 1. The second kappa shape index (κ2) is 5.45. The molecule has 0 atom stereocenters. The number of nitrogens with one attached hydrogen (secondary N) is 1. The third kappa shape index (κ3) is 3.13. The van der Waals surface area contributed by atoms with Crippen molar-refractivity contribution in [1.29, 1.82) is 0 Å². The predicted octanol–water partition coefficient (Wildman–Crippen LogP) is 2.49. The van der Waals surface area contributed by atoms with Crippen LogP contribution < -0.4 is 10.5 Å². The molecule has 2 aromatic rings. The van der Waals surface area contributed by atoms with Gasteiger partial charge in [0, 0.05) is 0 Å². The van der Waals surface area contributed by atoms with Gasteiger partial charge in [-0.05, 0) is 24.3 Å². The number of benzene rings is 1. The third-order valence-corrected chi connectivity index (χ3v) is 3.82. The topological polar surface area (TPSA) is 102 Å². The molecule has 6 nitrogen and oxygen atoms in total. The molecule has 0 spiro atoms. The van der Waals surface area contributed by atoms with Crippen LogP contribution in [0.1, 0.15) is 10.6 Å². The maximum atomic E-state index is 11.8. The molecule has 1 heterocycles. The molecule has 1 aromatic carbocycles. The fraction of sp³-hybridized carbons (Fsp3) is 0. The Morgan fingerprint density at radius 1 is 1.25 bits per heavy atom. The highest BCUT2D eigenvalue weighted by Crippen LogP contribution is 2.33. The van der Waals surface area contributed by atoms with Crippen LogP contribution in [0, 0.1) is 0 Å². The van der Waals surface area contributed by atoms with E-state index in [1.807, 2.05) is 0 Å². The van der Waals surface area contributed by atoms with E-state index in [1.54, 1.807) is 6.07 Å². The Morgan fingerprint density at radius 2 is 1.85 bits per heavy atom. The van der Waals surface area contributed by atoms with E-state index in [1.165, 1.54) is 12.3 Å². The van der Waals surface area contributed by atoms with E-state index in [0.29, 0.717) is 0 Å². The van der Waals surface area contributed by atoms with Gasteiger partial charge in [0.25, 0.3) is 5.91 Å². The van der Waals surface area contributed by atoms with Crippen LogP contribution in [-0.4, -0.2) is 14.3 Å². The van der Waals surface area contributed by atoms with Crippen LogP contribution in [0.2, 0.25) is 10.0 Å². The Kier molecular flexibility index (Phi) is 4.05. The quantitative estimate of drug-likeness (QED) is 0.899. The van der Waals surface area contributed by atoms with E-state index in [9.17, 15) is 13.2 Å². The number of furan rings is 1. The molecule has 0 unspecified atom stereocenters. The Hall–Kier alpha value is -1.54. The Bertz CT molecular complexity index is 734. The van der Waals surface area contributed by atoms with Gasteiger partial charge in [-0.25, -0.2) is 13.6 Å². The zero-order chi connectivity index (χ0) is 14.9. The fourth-order valence-corrected chi connectivity index (χ4v) is 2.69. The van der Waals surface area contributed by atoms with Gasteiger partial charge < -0.3 is 9.73 Å². The van der Waals surface area contributed by atoms with E-state index in [-0.39, 0.29) is 26.4 Å². The van der Waals surface area contributed by atoms with Crippen molar-refractivity contribution in [3.63, 3.8) is 0 Å². The summed E-state index contributed by atoms with van der Waals surface area (Å²) in [4.78, 5) is 11.5. The fourth-order valence-electron chi connectivity index (χ4n) is 1.42. The SMILES string of the molecule is NS(=O)(=O)c1cc(Cl)c(NC(=O)c2ccco2)c(Cl)c1. The van der Waals surface area contributed by atoms with E-state index >= 15 is 0 Å².